The third-order valence-electron chi connectivity index (χ3n) is 6.38. The topological polar surface area (TPSA) is 140 Å². The Morgan fingerprint density at radius 1 is 0.971 bits per heavy atom. The van der Waals surface area contributed by atoms with Crippen molar-refractivity contribution in [2.24, 2.45) is 7.05 Å². The molecule has 1 aromatic carbocycles. The van der Waals surface area contributed by atoms with Gasteiger partial charge in [-0.25, -0.2) is 17.8 Å². The van der Waals surface area contributed by atoms with Gasteiger partial charge in [-0.3, -0.25) is 14.2 Å². The van der Waals surface area contributed by atoms with Gasteiger partial charge in [0.25, 0.3) is 5.56 Å². The summed E-state index contributed by atoms with van der Waals surface area (Å²) < 4.78 is 28.8. The quantitative estimate of drug-likeness (QED) is 0.602. The number of carbonyl (C=O) groups excluding carboxylic acids is 1. The molecule has 0 spiro atoms. The van der Waals surface area contributed by atoms with Gasteiger partial charge in [0.1, 0.15) is 18.1 Å². The van der Waals surface area contributed by atoms with Crippen LogP contribution in [0.25, 0.3) is 0 Å². The highest BCUT2D eigenvalue weighted by Crippen LogP contribution is 2.23. The second kappa shape index (κ2) is 9.63. The molecule has 0 radical (unpaired) electrons. The zero-order chi connectivity index (χ0) is 24.5. The first-order valence-electron chi connectivity index (χ1n) is 11.4. The third-order valence-corrected chi connectivity index (χ3v) is 8.30. The van der Waals surface area contributed by atoms with Crippen molar-refractivity contribution in [3.05, 3.63) is 45.1 Å². The van der Waals surface area contributed by atoms with Crippen molar-refractivity contribution in [3.63, 3.8) is 0 Å². The van der Waals surface area contributed by atoms with E-state index in [1.54, 1.807) is 0 Å². The van der Waals surface area contributed by atoms with Gasteiger partial charge in [0.05, 0.1) is 4.90 Å². The summed E-state index contributed by atoms with van der Waals surface area (Å²) in [5.41, 5.74) is 5.42. The minimum Gasteiger partial charge on any atom is -0.383 e. The maximum Gasteiger partial charge on any atom is 0.332 e. The van der Waals surface area contributed by atoms with Gasteiger partial charge < -0.3 is 16.0 Å². The molecular weight excluding hydrogens is 460 g/mol. The van der Waals surface area contributed by atoms with Crippen LogP contribution in [-0.4, -0.2) is 53.9 Å². The van der Waals surface area contributed by atoms with Crippen molar-refractivity contribution in [2.45, 2.75) is 43.5 Å². The molecule has 0 saturated carbocycles. The van der Waals surface area contributed by atoms with E-state index in [2.05, 4.69) is 5.32 Å². The van der Waals surface area contributed by atoms with Crippen LogP contribution in [0.1, 0.15) is 32.1 Å². The van der Waals surface area contributed by atoms with Crippen LogP contribution in [0.2, 0.25) is 0 Å². The van der Waals surface area contributed by atoms with Crippen LogP contribution in [0.5, 0.6) is 0 Å². The fourth-order valence-corrected chi connectivity index (χ4v) is 5.97. The predicted octanol–water partition coefficient (Wildman–Crippen LogP) is 0.543. The monoisotopic (exact) mass is 490 g/mol. The van der Waals surface area contributed by atoms with E-state index < -0.39 is 33.7 Å². The molecule has 2 fully saturated rings. The number of piperidine rings is 1. The van der Waals surface area contributed by atoms with E-state index in [4.69, 9.17) is 5.73 Å². The number of hydrogen-bond acceptors (Lipinski definition) is 7. The molecule has 11 nitrogen and oxygen atoms in total. The Bertz CT molecular complexity index is 1290. The molecule has 2 aliphatic rings. The molecule has 1 aromatic heterocycles. The lowest BCUT2D eigenvalue weighted by Gasteiger charge is -2.29. The fourth-order valence-electron chi connectivity index (χ4n) is 4.45. The fraction of sp³-hybridized carbons (Fsp3) is 0.500. The number of sulfonamides is 1. The highest BCUT2D eigenvalue weighted by molar-refractivity contribution is 7.89. The zero-order valence-corrected chi connectivity index (χ0v) is 20.0. The highest BCUT2D eigenvalue weighted by Gasteiger charge is 2.27. The molecule has 12 heteroatoms. The third kappa shape index (κ3) is 4.60. The molecule has 1 amide bonds. The van der Waals surface area contributed by atoms with Gasteiger partial charge in [0, 0.05) is 38.9 Å². The number of hydrogen-bond donors (Lipinski definition) is 2. The Balaban J connectivity index is 1.52. The number of anilines is 3. The zero-order valence-electron chi connectivity index (χ0n) is 19.2. The van der Waals surface area contributed by atoms with E-state index in [0.29, 0.717) is 31.9 Å². The summed E-state index contributed by atoms with van der Waals surface area (Å²) in [5, 5.41) is 2.63. The molecule has 184 valence electrons. The van der Waals surface area contributed by atoms with Crippen LogP contribution in [0.15, 0.2) is 38.8 Å². The minimum atomic E-state index is -3.55. The standard InChI is InChI=1S/C22H30N6O5S/c1-25-20(23)19(26-11-3-2-4-12-26)21(30)28(22(25)31)15-18(29)24-16-7-9-17(10-8-16)34(32,33)27-13-5-6-14-27/h7-10H,2-6,11-15,23H2,1H3,(H,24,29). The Morgan fingerprint density at radius 3 is 2.18 bits per heavy atom. The van der Waals surface area contributed by atoms with E-state index >= 15 is 0 Å². The van der Waals surface area contributed by atoms with Crippen molar-refractivity contribution in [1.29, 1.82) is 0 Å². The SMILES string of the molecule is Cn1c(N)c(N2CCCCC2)c(=O)n(CC(=O)Nc2ccc(S(=O)(=O)N3CCCC3)cc2)c1=O. The van der Waals surface area contributed by atoms with Crippen LogP contribution in [0.4, 0.5) is 17.2 Å². The van der Waals surface area contributed by atoms with Crippen molar-refractivity contribution < 1.29 is 13.2 Å². The Labute approximate surface area is 197 Å². The Kier molecular flexibility index (Phi) is 6.80. The lowest BCUT2D eigenvalue weighted by molar-refractivity contribution is -0.116. The van der Waals surface area contributed by atoms with Crippen LogP contribution in [0.3, 0.4) is 0 Å². The van der Waals surface area contributed by atoms with E-state index in [-0.39, 0.29) is 16.4 Å². The lowest BCUT2D eigenvalue weighted by atomic mass is 10.1. The number of nitrogens with two attached hydrogens (primary N) is 1. The van der Waals surface area contributed by atoms with Crippen molar-refractivity contribution >= 4 is 33.1 Å². The molecule has 3 N–H and O–H groups in total. The van der Waals surface area contributed by atoms with Gasteiger partial charge in [0.15, 0.2) is 0 Å². The second-order valence-electron chi connectivity index (χ2n) is 8.70. The van der Waals surface area contributed by atoms with Crippen LogP contribution in [0, 0.1) is 0 Å². The van der Waals surface area contributed by atoms with Gasteiger partial charge in [0.2, 0.25) is 15.9 Å². The summed E-state index contributed by atoms with van der Waals surface area (Å²) in [6, 6.07) is 5.85. The number of nitrogens with one attached hydrogen (secondary N) is 1. The van der Waals surface area contributed by atoms with Gasteiger partial charge >= 0.3 is 5.69 Å². The lowest BCUT2D eigenvalue weighted by Crippen LogP contribution is -2.46. The number of nitrogens with zero attached hydrogens (tertiary/aromatic N) is 4. The number of rotatable bonds is 6. The van der Waals surface area contributed by atoms with Crippen molar-refractivity contribution in [1.82, 2.24) is 13.4 Å². The Hall–Kier alpha value is -3.12. The summed E-state index contributed by atoms with van der Waals surface area (Å²) in [4.78, 5) is 40.5. The van der Waals surface area contributed by atoms with Crippen LogP contribution in [-0.2, 0) is 28.4 Å². The molecule has 2 saturated heterocycles. The first kappa shape index (κ1) is 24.0. The molecule has 0 atom stereocenters. The molecule has 4 rings (SSSR count). The van der Waals surface area contributed by atoms with Gasteiger partial charge in [-0.1, -0.05) is 0 Å². The molecular formula is C22H30N6O5S. The van der Waals surface area contributed by atoms with Crippen LogP contribution >= 0.6 is 0 Å². The van der Waals surface area contributed by atoms with Gasteiger partial charge in [-0.05, 0) is 56.4 Å². The summed E-state index contributed by atoms with van der Waals surface area (Å²) in [5.74, 6) is -0.493. The molecule has 0 bridgehead atoms. The summed E-state index contributed by atoms with van der Waals surface area (Å²) in [6.45, 7) is 1.85. The number of carbonyl (C=O) groups is 1. The summed E-state index contributed by atoms with van der Waals surface area (Å²) >= 11 is 0. The Morgan fingerprint density at radius 2 is 1.56 bits per heavy atom. The summed E-state index contributed by atoms with van der Waals surface area (Å²) in [7, 11) is -2.08. The molecule has 34 heavy (non-hydrogen) atoms. The number of amides is 1. The number of nitrogen functional groups attached to an aromatic ring is 1. The largest absolute Gasteiger partial charge is 0.383 e. The van der Waals surface area contributed by atoms with Crippen molar-refractivity contribution in [2.75, 3.05) is 42.1 Å². The first-order chi connectivity index (χ1) is 16.2. The predicted molar refractivity (Wildman–Crippen MR) is 129 cm³/mol. The molecule has 0 aliphatic carbocycles. The van der Waals surface area contributed by atoms with Gasteiger partial charge in [-0.2, -0.15) is 4.31 Å². The highest BCUT2D eigenvalue weighted by atomic mass is 32.2. The van der Waals surface area contributed by atoms with Crippen LogP contribution < -0.4 is 27.2 Å². The first-order valence-corrected chi connectivity index (χ1v) is 12.9. The molecule has 0 unspecified atom stereocenters. The number of aromatic nitrogens is 2. The second-order valence-corrected chi connectivity index (χ2v) is 10.6. The summed E-state index contributed by atoms with van der Waals surface area (Å²) in [6.07, 6.45) is 4.60. The van der Waals surface area contributed by atoms with Crippen molar-refractivity contribution in [3.8, 4) is 0 Å². The van der Waals surface area contributed by atoms with E-state index in [1.807, 2.05) is 4.90 Å². The maximum atomic E-state index is 13.1. The smallest absolute Gasteiger partial charge is 0.332 e. The van der Waals surface area contributed by atoms with Gasteiger partial charge in [-0.15, -0.1) is 0 Å². The minimum absolute atomic E-state index is 0.0864. The molecule has 2 aliphatic heterocycles. The normalized spacial score (nSPS) is 17.1. The average molecular weight is 491 g/mol. The molecule has 3 heterocycles. The number of benzene rings is 1. The molecule has 2 aromatic rings. The maximum absolute atomic E-state index is 13.1. The van der Waals surface area contributed by atoms with E-state index in [1.165, 1.54) is 40.2 Å². The average Bonchev–Trinajstić information content (AvgIpc) is 3.38. The van der Waals surface area contributed by atoms with E-state index in [0.717, 1.165) is 36.7 Å². The van der Waals surface area contributed by atoms with E-state index in [9.17, 15) is 22.8 Å².